The first-order valence-electron chi connectivity index (χ1n) is 2.16. The molecule has 0 bridgehead atoms. The number of nitro groups is 1. The fourth-order valence-electron chi connectivity index (χ4n) is 0.406. The first-order chi connectivity index (χ1) is 4.61. The number of aromatic nitrogens is 2. The third kappa shape index (κ3) is 1.37. The predicted octanol–water partition coefficient (Wildman–Crippen LogP) is 1.58. The number of nitrogens with zero attached hydrogens (tertiary/aromatic N) is 2. The average molecular weight is 273 g/mol. The lowest BCUT2D eigenvalue weighted by atomic mass is 11.0. The molecule has 0 aliphatic heterocycles. The van der Waals surface area contributed by atoms with Gasteiger partial charge in [-0.3, -0.25) is 0 Å². The van der Waals surface area contributed by atoms with E-state index in [1.807, 2.05) is 0 Å². The van der Waals surface area contributed by atoms with Gasteiger partial charge in [-0.15, -0.1) is 0 Å². The van der Waals surface area contributed by atoms with Gasteiger partial charge in [-0.05, 0) is 16.5 Å². The van der Waals surface area contributed by atoms with Gasteiger partial charge in [0, 0.05) is 22.6 Å². The summed E-state index contributed by atoms with van der Waals surface area (Å²) in [6.45, 7) is 0. The van der Waals surface area contributed by atoms with Crippen molar-refractivity contribution in [1.29, 1.82) is 0 Å². The monoisotopic (exact) mass is 273 g/mol. The number of H-pyrrole nitrogens is 1. The molecular weight excluding hydrogens is 272 g/mol. The van der Waals surface area contributed by atoms with E-state index in [1.165, 1.54) is 0 Å². The molecule has 54 valence electrons. The Labute approximate surface area is 74.1 Å². The molecule has 0 fully saturated rings. The molecule has 5 nitrogen and oxygen atoms in total. The number of nitrogens with one attached hydrogen (secondary N) is 1. The van der Waals surface area contributed by atoms with E-state index in [0.717, 1.165) is 0 Å². The third-order valence-corrected chi connectivity index (χ3v) is 2.15. The Bertz CT molecular complexity index is 253. The highest BCUT2D eigenvalue weighted by atomic mass is 127. The van der Waals surface area contributed by atoms with Crippen molar-refractivity contribution in [3.8, 4) is 0 Å². The van der Waals surface area contributed by atoms with Crippen LogP contribution in [0.1, 0.15) is 0 Å². The Kier molecular flexibility index (Phi) is 2.09. The van der Waals surface area contributed by atoms with Crippen molar-refractivity contribution in [3.63, 3.8) is 0 Å². The fourth-order valence-corrected chi connectivity index (χ4v) is 0.896. The molecule has 1 heterocycles. The van der Waals surface area contributed by atoms with Gasteiger partial charge in [-0.1, -0.05) is 4.98 Å². The summed E-state index contributed by atoms with van der Waals surface area (Å²) in [4.78, 5) is 15.2. The summed E-state index contributed by atoms with van der Waals surface area (Å²) < 4.78 is 0.408. The van der Waals surface area contributed by atoms with Crippen LogP contribution >= 0.6 is 34.2 Å². The smallest absolute Gasteiger partial charge is 0.390 e. The minimum Gasteiger partial charge on any atom is -0.390 e. The normalized spacial score (nSPS) is 9.80. The van der Waals surface area contributed by atoms with Crippen molar-refractivity contribution in [3.05, 3.63) is 19.0 Å². The van der Waals surface area contributed by atoms with Crippen molar-refractivity contribution < 1.29 is 4.92 Å². The molecule has 1 N–H and O–H groups in total. The number of aromatic amines is 1. The fraction of sp³-hybridized carbons (Fsp3) is 0. The second kappa shape index (κ2) is 2.70. The largest absolute Gasteiger partial charge is 0.434 e. The van der Waals surface area contributed by atoms with Crippen LogP contribution in [0.4, 0.5) is 5.95 Å². The zero-order valence-electron chi connectivity index (χ0n) is 4.47. The second-order valence-corrected chi connectivity index (χ2v) is 2.82. The first kappa shape index (κ1) is 7.73. The van der Waals surface area contributed by atoms with Gasteiger partial charge in [-0.2, -0.15) is 0 Å². The molecule has 1 aromatic rings. The standard InChI is InChI=1S/C3HClIN3O2/c4-1-2(5)7-3(6-1)8(9)10/h(H,6,7). The third-order valence-electron chi connectivity index (χ3n) is 0.780. The number of hydrogen-bond acceptors (Lipinski definition) is 3. The first-order valence-corrected chi connectivity index (χ1v) is 3.62. The zero-order chi connectivity index (χ0) is 7.72. The summed E-state index contributed by atoms with van der Waals surface area (Å²) in [6.07, 6.45) is 0. The molecule has 0 aliphatic carbocycles. The molecule has 0 unspecified atom stereocenters. The molecule has 1 rings (SSSR count). The van der Waals surface area contributed by atoms with Crippen LogP contribution in [0.3, 0.4) is 0 Å². The van der Waals surface area contributed by atoms with Crippen LogP contribution in [-0.4, -0.2) is 14.9 Å². The Hall–Kier alpha value is -0.370. The lowest BCUT2D eigenvalue weighted by Gasteiger charge is -1.84. The van der Waals surface area contributed by atoms with E-state index in [9.17, 15) is 10.1 Å². The number of halogens is 2. The lowest BCUT2D eigenvalue weighted by Crippen LogP contribution is -1.88. The topological polar surface area (TPSA) is 71.8 Å². The Morgan fingerprint density at radius 1 is 1.80 bits per heavy atom. The van der Waals surface area contributed by atoms with Crippen molar-refractivity contribution in [2.24, 2.45) is 0 Å². The number of rotatable bonds is 1. The van der Waals surface area contributed by atoms with Gasteiger partial charge in [0.25, 0.3) is 0 Å². The van der Waals surface area contributed by atoms with Gasteiger partial charge < -0.3 is 10.1 Å². The molecule has 0 aromatic carbocycles. The molecule has 0 spiro atoms. The summed E-state index contributed by atoms with van der Waals surface area (Å²) >= 11 is 7.24. The quantitative estimate of drug-likeness (QED) is 0.479. The van der Waals surface area contributed by atoms with E-state index >= 15 is 0 Å². The minimum atomic E-state index is -0.631. The maximum absolute atomic E-state index is 10.0. The van der Waals surface area contributed by atoms with Crippen LogP contribution in [0.5, 0.6) is 0 Å². The molecule has 0 atom stereocenters. The number of hydrogen-bond donors (Lipinski definition) is 1. The van der Waals surface area contributed by atoms with Gasteiger partial charge in [0.15, 0.2) is 0 Å². The van der Waals surface area contributed by atoms with E-state index in [-0.39, 0.29) is 11.1 Å². The Morgan fingerprint density at radius 2 is 2.40 bits per heavy atom. The van der Waals surface area contributed by atoms with Crippen LogP contribution < -0.4 is 0 Å². The molecule has 0 saturated heterocycles. The average Bonchev–Trinajstić information content (AvgIpc) is 2.13. The van der Waals surface area contributed by atoms with Crippen LogP contribution in [0.25, 0.3) is 0 Å². The minimum absolute atomic E-state index is 0.201. The molecule has 0 aliphatic rings. The Morgan fingerprint density at radius 3 is 2.60 bits per heavy atom. The highest BCUT2D eigenvalue weighted by Crippen LogP contribution is 2.17. The lowest BCUT2D eigenvalue weighted by molar-refractivity contribution is -0.393. The molecule has 0 amide bonds. The number of imidazole rings is 1. The van der Waals surface area contributed by atoms with Crippen molar-refractivity contribution >= 4 is 40.1 Å². The summed E-state index contributed by atoms with van der Waals surface area (Å²) in [5.41, 5.74) is 0. The van der Waals surface area contributed by atoms with Gasteiger partial charge in [0.2, 0.25) is 8.85 Å². The summed E-state index contributed by atoms with van der Waals surface area (Å²) in [6, 6.07) is 0. The van der Waals surface area contributed by atoms with Crippen molar-refractivity contribution in [1.82, 2.24) is 9.97 Å². The maximum atomic E-state index is 10.0. The van der Waals surface area contributed by atoms with Crippen molar-refractivity contribution in [2.75, 3.05) is 0 Å². The van der Waals surface area contributed by atoms with Crippen molar-refractivity contribution in [2.45, 2.75) is 0 Å². The van der Waals surface area contributed by atoms with Gasteiger partial charge in [0.1, 0.15) is 0 Å². The Balaban J connectivity index is 3.10. The molecular formula is C3HClIN3O2. The molecule has 10 heavy (non-hydrogen) atoms. The van der Waals surface area contributed by atoms with Crippen LogP contribution in [0, 0.1) is 13.8 Å². The van der Waals surface area contributed by atoms with Gasteiger partial charge in [0.05, 0.1) is 0 Å². The SMILES string of the molecule is O=[N+]([O-])c1nc(I)c(Cl)[nH]1. The predicted molar refractivity (Wildman–Crippen MR) is 43.0 cm³/mol. The summed E-state index contributed by atoms with van der Waals surface area (Å²) in [5.74, 6) is -0.325. The van der Waals surface area contributed by atoms with E-state index in [0.29, 0.717) is 3.70 Å². The highest BCUT2D eigenvalue weighted by molar-refractivity contribution is 14.1. The van der Waals surface area contributed by atoms with E-state index in [4.69, 9.17) is 11.6 Å². The molecule has 7 heteroatoms. The van der Waals surface area contributed by atoms with E-state index < -0.39 is 4.92 Å². The maximum Gasteiger partial charge on any atom is 0.434 e. The van der Waals surface area contributed by atoms with Crippen LogP contribution in [-0.2, 0) is 0 Å². The van der Waals surface area contributed by atoms with Crippen LogP contribution in [0.2, 0.25) is 5.15 Å². The second-order valence-electron chi connectivity index (χ2n) is 1.42. The van der Waals surface area contributed by atoms with E-state index in [2.05, 4.69) is 9.97 Å². The van der Waals surface area contributed by atoms with Crippen LogP contribution in [0.15, 0.2) is 0 Å². The van der Waals surface area contributed by atoms with Gasteiger partial charge in [-0.25, -0.2) is 4.98 Å². The summed E-state index contributed by atoms with van der Waals surface area (Å²) in [5, 5.41) is 10.2. The van der Waals surface area contributed by atoms with E-state index in [1.54, 1.807) is 22.6 Å². The molecule has 0 saturated carbocycles. The molecule has 1 aromatic heterocycles. The molecule has 0 radical (unpaired) electrons. The van der Waals surface area contributed by atoms with Gasteiger partial charge >= 0.3 is 5.95 Å². The summed E-state index contributed by atoms with van der Waals surface area (Å²) in [7, 11) is 0. The zero-order valence-corrected chi connectivity index (χ0v) is 7.38. The highest BCUT2D eigenvalue weighted by Gasteiger charge is 2.15.